The molecule has 2 aromatic carbocycles. The first-order chi connectivity index (χ1) is 12.0. The van der Waals surface area contributed by atoms with Gasteiger partial charge in [0.25, 0.3) is 11.8 Å². The lowest BCUT2D eigenvalue weighted by molar-refractivity contribution is 0.0953. The molecule has 0 saturated carbocycles. The summed E-state index contributed by atoms with van der Waals surface area (Å²) in [6.07, 6.45) is 0.687. The van der Waals surface area contributed by atoms with Crippen molar-refractivity contribution in [2.75, 3.05) is 19.0 Å². The highest BCUT2D eigenvalue weighted by Crippen LogP contribution is 2.17. The van der Waals surface area contributed by atoms with Crippen molar-refractivity contribution in [1.82, 2.24) is 5.32 Å². The van der Waals surface area contributed by atoms with E-state index in [4.69, 9.17) is 10.5 Å². The molecule has 0 aromatic heterocycles. The summed E-state index contributed by atoms with van der Waals surface area (Å²) in [5.41, 5.74) is 7.03. The number of benzene rings is 2. The topological polar surface area (TPSA) is 93.4 Å². The number of nitrogens with two attached hydrogens (primary N) is 1. The quantitative estimate of drug-likeness (QED) is 0.691. The molecular weight excluding hydrogens is 354 g/mol. The number of ether oxygens (including phenoxy) is 1. The number of para-hydroxylation sites is 1. The number of hydrogen-bond acceptors (Lipinski definition) is 4. The molecule has 0 aliphatic rings. The van der Waals surface area contributed by atoms with E-state index in [0.717, 1.165) is 0 Å². The van der Waals surface area contributed by atoms with Crippen LogP contribution in [0.5, 0.6) is 5.75 Å². The molecule has 140 valence electrons. The lowest BCUT2D eigenvalue weighted by Gasteiger charge is -2.12. The van der Waals surface area contributed by atoms with Crippen LogP contribution >= 0.6 is 12.4 Å². The molecule has 6 nitrogen and oxygen atoms in total. The van der Waals surface area contributed by atoms with Gasteiger partial charge in [-0.1, -0.05) is 12.1 Å². The van der Waals surface area contributed by atoms with Crippen molar-refractivity contribution in [3.8, 4) is 5.75 Å². The molecule has 0 fully saturated rings. The summed E-state index contributed by atoms with van der Waals surface area (Å²) in [7, 11) is 1.56. The number of halogens is 1. The van der Waals surface area contributed by atoms with Crippen LogP contribution in [-0.2, 0) is 0 Å². The molecule has 0 bridgehead atoms. The third-order valence-electron chi connectivity index (χ3n) is 3.66. The molecule has 26 heavy (non-hydrogen) atoms. The van der Waals surface area contributed by atoms with Crippen molar-refractivity contribution in [3.05, 3.63) is 59.7 Å². The Kier molecular flexibility index (Phi) is 8.61. The highest BCUT2D eigenvalue weighted by Gasteiger charge is 2.14. The van der Waals surface area contributed by atoms with E-state index in [1.54, 1.807) is 55.6 Å². The zero-order chi connectivity index (χ0) is 18.2. The van der Waals surface area contributed by atoms with Crippen LogP contribution in [0, 0.1) is 0 Å². The van der Waals surface area contributed by atoms with Crippen molar-refractivity contribution in [2.45, 2.75) is 19.4 Å². The average molecular weight is 378 g/mol. The number of carbonyl (C=O) groups excluding carboxylic acids is 2. The Morgan fingerprint density at radius 2 is 1.73 bits per heavy atom. The number of hydrogen-bond donors (Lipinski definition) is 3. The van der Waals surface area contributed by atoms with Gasteiger partial charge >= 0.3 is 0 Å². The van der Waals surface area contributed by atoms with Gasteiger partial charge in [-0.2, -0.15) is 0 Å². The minimum Gasteiger partial charge on any atom is -0.497 e. The minimum absolute atomic E-state index is 0. The third-order valence-corrected chi connectivity index (χ3v) is 3.66. The fraction of sp³-hybridized carbons (Fsp3) is 0.263. The molecule has 0 radical (unpaired) electrons. The fourth-order valence-corrected chi connectivity index (χ4v) is 2.24. The van der Waals surface area contributed by atoms with Crippen LogP contribution < -0.4 is 21.1 Å². The first-order valence-corrected chi connectivity index (χ1v) is 8.09. The second kappa shape index (κ2) is 10.4. The molecule has 4 N–H and O–H groups in total. The van der Waals surface area contributed by atoms with Gasteiger partial charge in [0, 0.05) is 18.2 Å². The molecule has 0 aliphatic heterocycles. The number of amides is 2. The van der Waals surface area contributed by atoms with Crippen molar-refractivity contribution in [2.24, 2.45) is 5.73 Å². The van der Waals surface area contributed by atoms with Gasteiger partial charge in [-0.05, 0) is 49.7 Å². The molecule has 2 amide bonds. The summed E-state index contributed by atoms with van der Waals surface area (Å²) < 4.78 is 5.08. The smallest absolute Gasteiger partial charge is 0.255 e. The second-order valence-electron chi connectivity index (χ2n) is 5.75. The van der Waals surface area contributed by atoms with Gasteiger partial charge in [0.05, 0.1) is 18.4 Å². The maximum atomic E-state index is 12.4. The normalized spacial score (nSPS) is 11.0. The number of rotatable bonds is 7. The van der Waals surface area contributed by atoms with Crippen molar-refractivity contribution < 1.29 is 14.3 Å². The molecule has 7 heteroatoms. The molecule has 0 spiro atoms. The van der Waals surface area contributed by atoms with Crippen LogP contribution in [0.1, 0.15) is 34.1 Å². The van der Waals surface area contributed by atoms with Crippen LogP contribution in [0.3, 0.4) is 0 Å². The lowest BCUT2D eigenvalue weighted by atomic mass is 10.1. The highest BCUT2D eigenvalue weighted by molar-refractivity contribution is 6.09. The Balaban J connectivity index is 0.00000338. The zero-order valence-electron chi connectivity index (χ0n) is 14.8. The van der Waals surface area contributed by atoms with E-state index in [-0.39, 0.29) is 30.3 Å². The van der Waals surface area contributed by atoms with E-state index in [1.165, 1.54) is 0 Å². The van der Waals surface area contributed by atoms with E-state index < -0.39 is 0 Å². The van der Waals surface area contributed by atoms with Gasteiger partial charge in [-0.25, -0.2) is 0 Å². The first kappa shape index (κ1) is 21.5. The molecular formula is C19H24ClN3O3. The monoisotopic (exact) mass is 377 g/mol. The maximum absolute atomic E-state index is 12.4. The first-order valence-electron chi connectivity index (χ1n) is 8.09. The van der Waals surface area contributed by atoms with E-state index >= 15 is 0 Å². The van der Waals surface area contributed by atoms with Gasteiger partial charge < -0.3 is 21.1 Å². The van der Waals surface area contributed by atoms with Crippen molar-refractivity contribution >= 4 is 29.9 Å². The number of anilines is 1. The molecule has 1 atom stereocenters. The largest absolute Gasteiger partial charge is 0.497 e. The Morgan fingerprint density at radius 3 is 2.35 bits per heavy atom. The lowest BCUT2D eigenvalue weighted by Crippen LogP contribution is -2.29. The van der Waals surface area contributed by atoms with E-state index in [9.17, 15) is 9.59 Å². The van der Waals surface area contributed by atoms with E-state index in [2.05, 4.69) is 10.6 Å². The van der Waals surface area contributed by atoms with Crippen molar-refractivity contribution in [1.29, 1.82) is 0 Å². The van der Waals surface area contributed by atoms with Crippen LogP contribution in [0.2, 0.25) is 0 Å². The summed E-state index contributed by atoms with van der Waals surface area (Å²) in [6.45, 7) is 2.37. The van der Waals surface area contributed by atoms with Crippen molar-refractivity contribution in [3.63, 3.8) is 0 Å². The predicted molar refractivity (Wildman–Crippen MR) is 105 cm³/mol. The fourth-order valence-electron chi connectivity index (χ4n) is 2.24. The summed E-state index contributed by atoms with van der Waals surface area (Å²) in [4.78, 5) is 24.7. The summed E-state index contributed by atoms with van der Waals surface area (Å²) in [5.74, 6) is 0.134. The minimum atomic E-state index is -0.293. The Labute approximate surface area is 159 Å². The number of nitrogens with one attached hydrogen (secondary N) is 2. The molecule has 0 saturated heterocycles. The van der Waals surface area contributed by atoms with E-state index in [0.29, 0.717) is 35.5 Å². The van der Waals surface area contributed by atoms with Gasteiger partial charge in [0.2, 0.25) is 0 Å². The number of carbonyl (C=O) groups is 2. The Morgan fingerprint density at radius 1 is 1.08 bits per heavy atom. The van der Waals surface area contributed by atoms with Crippen LogP contribution in [0.15, 0.2) is 48.5 Å². The van der Waals surface area contributed by atoms with Gasteiger partial charge in [-0.15, -0.1) is 12.4 Å². The summed E-state index contributed by atoms with van der Waals surface area (Å²) >= 11 is 0. The van der Waals surface area contributed by atoms with Gasteiger partial charge in [-0.3, -0.25) is 9.59 Å². The summed E-state index contributed by atoms with van der Waals surface area (Å²) in [5, 5.41) is 5.59. The standard InChI is InChI=1S/C19H23N3O3.ClH/c1-13(20)11-12-21-19(24)16-5-3-4-6-17(16)22-18(23)14-7-9-15(25-2)10-8-14;/h3-10,13H,11-12,20H2,1-2H3,(H,21,24)(H,22,23);1H. The molecule has 1 unspecified atom stereocenters. The average Bonchev–Trinajstić information content (AvgIpc) is 2.61. The molecule has 0 aliphatic carbocycles. The SMILES string of the molecule is COc1ccc(C(=O)Nc2ccccc2C(=O)NCCC(C)N)cc1.Cl. The zero-order valence-corrected chi connectivity index (χ0v) is 15.6. The van der Waals surface area contributed by atoms with Gasteiger partial charge in [0.15, 0.2) is 0 Å². The molecule has 2 aromatic rings. The Hall–Kier alpha value is -2.57. The molecule has 0 heterocycles. The van der Waals surface area contributed by atoms with E-state index in [1.807, 2.05) is 6.92 Å². The van der Waals surface area contributed by atoms with Gasteiger partial charge in [0.1, 0.15) is 5.75 Å². The Bertz CT molecular complexity index is 733. The maximum Gasteiger partial charge on any atom is 0.255 e. The van der Waals surface area contributed by atoms with Crippen LogP contribution in [0.25, 0.3) is 0 Å². The molecule has 2 rings (SSSR count). The predicted octanol–water partition coefficient (Wildman–Crippen LogP) is 2.84. The highest BCUT2D eigenvalue weighted by atomic mass is 35.5. The van der Waals surface area contributed by atoms with Crippen LogP contribution in [0.4, 0.5) is 5.69 Å². The second-order valence-corrected chi connectivity index (χ2v) is 5.75. The third kappa shape index (κ3) is 6.06. The number of methoxy groups -OCH3 is 1. The van der Waals surface area contributed by atoms with Crippen LogP contribution in [-0.4, -0.2) is 31.5 Å². The summed E-state index contributed by atoms with van der Waals surface area (Å²) in [6, 6.07) is 13.7.